The number of carboxylic acids is 1. The first kappa shape index (κ1) is 11.2. The fraction of sp³-hybridized carbons (Fsp3) is 0.333. The van der Waals surface area contributed by atoms with Crippen LogP contribution in [0.3, 0.4) is 0 Å². The van der Waals surface area contributed by atoms with Crippen molar-refractivity contribution in [2.24, 2.45) is 5.73 Å². The van der Waals surface area contributed by atoms with Gasteiger partial charge in [0.2, 0.25) is 0 Å². The van der Waals surface area contributed by atoms with E-state index in [-0.39, 0.29) is 25.3 Å². The summed E-state index contributed by atoms with van der Waals surface area (Å²) in [5.74, 6) is -1.25. The number of aromatic nitrogens is 2. The summed E-state index contributed by atoms with van der Waals surface area (Å²) in [7, 11) is 0. The minimum absolute atomic E-state index is 0. The number of imidazole rings is 1. The summed E-state index contributed by atoms with van der Waals surface area (Å²) >= 11 is 0. The summed E-state index contributed by atoms with van der Waals surface area (Å²) in [6.45, 7) is 0. The van der Waals surface area contributed by atoms with Gasteiger partial charge in [0.05, 0.1) is 12.3 Å². The molecule has 0 aromatic carbocycles. The number of hydrogen-bond donors (Lipinski definition) is 2. The molecule has 1 atom stereocenters. The van der Waals surface area contributed by atoms with Gasteiger partial charge in [-0.3, -0.25) is 0 Å². The molecule has 0 aliphatic carbocycles. The Morgan fingerprint density at radius 1 is 1.83 bits per heavy atom. The zero-order valence-electron chi connectivity index (χ0n) is 6.78. The van der Waals surface area contributed by atoms with E-state index in [2.05, 4.69) is 9.97 Å². The van der Waals surface area contributed by atoms with Crippen LogP contribution in [0.25, 0.3) is 0 Å². The van der Waals surface area contributed by atoms with Crippen LogP contribution >= 0.6 is 0 Å². The second kappa shape index (κ2) is 4.99. The van der Waals surface area contributed by atoms with E-state index in [1.165, 1.54) is 12.5 Å². The zero-order chi connectivity index (χ0) is 8.27. The van der Waals surface area contributed by atoms with Crippen LogP contribution in [0.4, 0.5) is 0 Å². The van der Waals surface area contributed by atoms with Crippen molar-refractivity contribution in [1.29, 1.82) is 0 Å². The number of aromatic amines is 1. The molecule has 3 N–H and O–H groups in total. The van der Waals surface area contributed by atoms with Gasteiger partial charge < -0.3 is 20.6 Å². The van der Waals surface area contributed by atoms with Crippen molar-refractivity contribution in [1.82, 2.24) is 9.97 Å². The Balaban J connectivity index is 0.00000121. The fourth-order valence-electron chi connectivity index (χ4n) is 0.717. The summed E-state index contributed by atoms with van der Waals surface area (Å²) in [5.41, 5.74) is 5.89. The molecule has 0 radical (unpaired) electrons. The van der Waals surface area contributed by atoms with Crippen molar-refractivity contribution >= 4 is 5.97 Å². The topological polar surface area (TPSA) is 94.8 Å². The minimum Gasteiger partial charge on any atom is -0.548 e. The van der Waals surface area contributed by atoms with Gasteiger partial charge in [0, 0.05) is 24.4 Å². The van der Waals surface area contributed by atoms with Crippen molar-refractivity contribution in [3.63, 3.8) is 0 Å². The van der Waals surface area contributed by atoms with E-state index in [1.807, 2.05) is 0 Å². The number of nitrogens with one attached hydrogen (secondary N) is 1. The first-order chi connectivity index (χ1) is 5.20. The second-order valence-electron chi connectivity index (χ2n) is 2.21. The number of aliphatic carboxylic acids is 1. The molecule has 60 valence electrons. The molecule has 1 aromatic heterocycles. The van der Waals surface area contributed by atoms with Crippen LogP contribution in [0.1, 0.15) is 5.69 Å². The van der Waals surface area contributed by atoms with E-state index in [1.54, 1.807) is 0 Å². The molecule has 0 amide bonds. The van der Waals surface area contributed by atoms with Crippen molar-refractivity contribution in [3.8, 4) is 0 Å². The molecule has 6 heteroatoms. The average molecular weight is 161 g/mol. The summed E-state index contributed by atoms with van der Waals surface area (Å²) in [4.78, 5) is 16.6. The predicted molar refractivity (Wildman–Crippen MR) is 35.3 cm³/mol. The molecule has 0 unspecified atom stereocenters. The van der Waals surface area contributed by atoms with Gasteiger partial charge in [-0.1, -0.05) is 0 Å². The van der Waals surface area contributed by atoms with E-state index < -0.39 is 12.0 Å². The number of nitrogens with zero attached hydrogens (tertiary/aromatic N) is 1. The van der Waals surface area contributed by atoms with Crippen LogP contribution in [-0.4, -0.2) is 22.0 Å². The molecule has 0 spiro atoms. The molecule has 1 aromatic rings. The van der Waals surface area contributed by atoms with E-state index in [4.69, 9.17) is 5.73 Å². The van der Waals surface area contributed by atoms with Crippen LogP contribution in [0.5, 0.6) is 0 Å². The molecular formula is C6H8LiN3O2. The molecular weight excluding hydrogens is 153 g/mol. The first-order valence-electron chi connectivity index (χ1n) is 3.14. The van der Waals surface area contributed by atoms with Gasteiger partial charge in [-0.25, -0.2) is 4.98 Å². The van der Waals surface area contributed by atoms with Gasteiger partial charge in [-0.05, 0) is 0 Å². The molecule has 12 heavy (non-hydrogen) atoms. The molecule has 1 heterocycles. The second-order valence-corrected chi connectivity index (χ2v) is 2.21. The van der Waals surface area contributed by atoms with Gasteiger partial charge in [0.1, 0.15) is 0 Å². The summed E-state index contributed by atoms with van der Waals surface area (Å²) < 4.78 is 0. The van der Waals surface area contributed by atoms with Crippen molar-refractivity contribution in [3.05, 3.63) is 18.2 Å². The van der Waals surface area contributed by atoms with Gasteiger partial charge in [-0.15, -0.1) is 0 Å². The molecule has 0 aliphatic heterocycles. The third-order valence-corrected chi connectivity index (χ3v) is 1.30. The van der Waals surface area contributed by atoms with Crippen molar-refractivity contribution < 1.29 is 28.8 Å². The molecule has 0 saturated carbocycles. The van der Waals surface area contributed by atoms with Crippen LogP contribution in [0.2, 0.25) is 0 Å². The Morgan fingerprint density at radius 3 is 2.92 bits per heavy atom. The van der Waals surface area contributed by atoms with Crippen LogP contribution in [0.15, 0.2) is 12.5 Å². The van der Waals surface area contributed by atoms with Crippen molar-refractivity contribution in [2.45, 2.75) is 12.5 Å². The maximum atomic E-state index is 10.2. The SMILES string of the molecule is N[C@@H](Cc1cnc[nH]1)C(=O)[O-].[Li+]. The van der Waals surface area contributed by atoms with Crippen LogP contribution in [-0.2, 0) is 11.2 Å². The smallest absolute Gasteiger partial charge is 0.548 e. The normalized spacial score (nSPS) is 11.8. The first-order valence-corrected chi connectivity index (χ1v) is 3.14. The minimum atomic E-state index is -1.25. The number of carbonyl (C=O) groups excluding carboxylic acids is 1. The summed E-state index contributed by atoms with van der Waals surface area (Å²) in [5, 5.41) is 10.2. The third-order valence-electron chi connectivity index (χ3n) is 1.30. The fourth-order valence-corrected chi connectivity index (χ4v) is 0.717. The Hall–Kier alpha value is -0.763. The number of carboxylic acid groups (broad SMARTS) is 1. The maximum absolute atomic E-state index is 10.2. The Morgan fingerprint density at radius 2 is 2.50 bits per heavy atom. The predicted octanol–water partition coefficient (Wildman–Crippen LogP) is -4.97. The van der Waals surface area contributed by atoms with Gasteiger partial charge in [0.25, 0.3) is 0 Å². The van der Waals surface area contributed by atoms with E-state index in [0.29, 0.717) is 5.69 Å². The number of rotatable bonds is 3. The van der Waals surface area contributed by atoms with Crippen LogP contribution in [0, 0.1) is 0 Å². The zero-order valence-corrected chi connectivity index (χ0v) is 6.78. The molecule has 0 fully saturated rings. The van der Waals surface area contributed by atoms with Crippen LogP contribution < -0.4 is 29.7 Å². The molecule has 0 aliphatic rings. The Kier molecular flexibility index (Phi) is 4.67. The van der Waals surface area contributed by atoms with Gasteiger partial charge >= 0.3 is 18.9 Å². The number of hydrogen-bond acceptors (Lipinski definition) is 4. The number of nitrogens with two attached hydrogens (primary N) is 1. The van der Waals surface area contributed by atoms with Crippen molar-refractivity contribution in [2.75, 3.05) is 0 Å². The van der Waals surface area contributed by atoms with Gasteiger partial charge in [0.15, 0.2) is 0 Å². The average Bonchev–Trinajstić information content (AvgIpc) is 2.39. The molecule has 1 rings (SSSR count). The van der Waals surface area contributed by atoms with E-state index in [9.17, 15) is 9.90 Å². The Labute approximate surface area is 81.5 Å². The number of carbonyl (C=O) groups is 1. The molecule has 0 bridgehead atoms. The van der Waals surface area contributed by atoms with Gasteiger partial charge in [-0.2, -0.15) is 0 Å². The largest absolute Gasteiger partial charge is 1.00 e. The Bertz CT molecular complexity index is 237. The molecule has 0 saturated heterocycles. The quantitative estimate of drug-likeness (QED) is 0.434. The third kappa shape index (κ3) is 3.09. The monoisotopic (exact) mass is 161 g/mol. The molecule has 5 nitrogen and oxygen atoms in total. The van der Waals surface area contributed by atoms with E-state index >= 15 is 0 Å². The standard InChI is InChI=1S/C6H9N3O2.Li/c7-5(6(10)11)1-4-2-8-3-9-4;/h2-3,5H,1,7H2,(H,8,9)(H,10,11);/q;+1/p-1/t5-;/m0./s1. The summed E-state index contributed by atoms with van der Waals surface area (Å²) in [6.07, 6.45) is 3.22. The summed E-state index contributed by atoms with van der Waals surface area (Å²) in [6, 6.07) is -0.963. The number of H-pyrrole nitrogens is 1. The maximum Gasteiger partial charge on any atom is 1.00 e. The van der Waals surface area contributed by atoms with E-state index in [0.717, 1.165) is 0 Å².